The lowest BCUT2D eigenvalue weighted by atomic mass is 10.1. The predicted molar refractivity (Wildman–Crippen MR) is 137 cm³/mol. The largest absolute Gasteiger partial charge is 0.436 e. The van der Waals surface area contributed by atoms with Crippen LogP contribution in [0.2, 0.25) is 0 Å². The van der Waals surface area contributed by atoms with E-state index in [0.29, 0.717) is 28.8 Å². The second-order valence-corrected chi connectivity index (χ2v) is 9.06. The molecule has 0 unspecified atom stereocenters. The lowest BCUT2D eigenvalue weighted by Gasteiger charge is -2.25. The number of hydrogen-bond donors (Lipinski definition) is 0. The van der Waals surface area contributed by atoms with Crippen LogP contribution in [-0.2, 0) is 4.74 Å². The van der Waals surface area contributed by atoms with Crippen LogP contribution in [0.25, 0.3) is 16.7 Å². The van der Waals surface area contributed by atoms with Gasteiger partial charge in [-0.15, -0.1) is 0 Å². The Bertz CT molecular complexity index is 1380. The summed E-state index contributed by atoms with van der Waals surface area (Å²) in [5.74, 6) is 5.89. The molecule has 184 valence electrons. The van der Waals surface area contributed by atoms with Gasteiger partial charge >= 0.3 is 6.09 Å². The van der Waals surface area contributed by atoms with Crippen molar-refractivity contribution in [1.29, 1.82) is 5.26 Å². The minimum Gasteiger partial charge on any atom is -0.436 e. The Balaban J connectivity index is 1.73. The van der Waals surface area contributed by atoms with Gasteiger partial charge in [-0.2, -0.15) is 5.26 Å². The average molecular weight is 484 g/mol. The summed E-state index contributed by atoms with van der Waals surface area (Å²) in [5, 5.41) is 9.20. The van der Waals surface area contributed by atoms with Crippen LogP contribution in [0.5, 0.6) is 0 Å². The molecule has 0 bridgehead atoms. The van der Waals surface area contributed by atoms with E-state index in [1.54, 1.807) is 32.4 Å². The molecule has 1 amide bonds. The van der Waals surface area contributed by atoms with Crippen LogP contribution in [0, 0.1) is 30.1 Å². The first-order valence-corrected chi connectivity index (χ1v) is 12.0. The van der Waals surface area contributed by atoms with Gasteiger partial charge in [0.2, 0.25) is 0 Å². The zero-order valence-electron chi connectivity index (χ0n) is 20.9. The third-order valence-corrected chi connectivity index (χ3v) is 6.26. The number of nitriles is 1. The third kappa shape index (κ3) is 5.40. The second-order valence-electron chi connectivity index (χ2n) is 9.06. The van der Waals surface area contributed by atoms with Crippen molar-refractivity contribution < 1.29 is 14.3 Å². The number of likely N-dealkylation sites (tertiary alicyclic amines) is 1. The summed E-state index contributed by atoms with van der Waals surface area (Å²) in [5.41, 5.74) is 4.84. The Hall–Kier alpha value is -4.14. The van der Waals surface area contributed by atoms with E-state index in [2.05, 4.69) is 27.8 Å². The number of rotatable bonds is 5. The highest BCUT2D eigenvalue weighted by Gasteiger charge is 2.24. The second kappa shape index (κ2) is 11.1. The van der Waals surface area contributed by atoms with Gasteiger partial charge in [-0.3, -0.25) is 14.7 Å². The van der Waals surface area contributed by atoms with E-state index in [0.717, 1.165) is 42.8 Å². The molecule has 36 heavy (non-hydrogen) atoms. The molecule has 0 N–H and O–H groups in total. The molecule has 4 rings (SSSR count). The molecular formula is C28H29N5O3. The monoisotopic (exact) mass is 483 g/mol. The number of amides is 1. The van der Waals surface area contributed by atoms with Crippen molar-refractivity contribution in [2.45, 2.75) is 26.2 Å². The molecule has 0 aliphatic carbocycles. The van der Waals surface area contributed by atoms with Gasteiger partial charge in [-0.1, -0.05) is 18.3 Å². The summed E-state index contributed by atoms with van der Waals surface area (Å²) in [6.45, 7) is 4.13. The number of aromatic nitrogens is 2. The highest BCUT2D eigenvalue weighted by molar-refractivity contribution is 6.09. The van der Waals surface area contributed by atoms with Crippen molar-refractivity contribution in [2.75, 3.05) is 40.3 Å². The molecule has 1 aliphatic rings. The van der Waals surface area contributed by atoms with Crippen LogP contribution >= 0.6 is 0 Å². The molecular weight excluding hydrogens is 454 g/mol. The first-order valence-electron chi connectivity index (χ1n) is 12.0. The van der Waals surface area contributed by atoms with Gasteiger partial charge in [-0.25, -0.2) is 4.79 Å². The van der Waals surface area contributed by atoms with E-state index in [9.17, 15) is 14.9 Å². The molecule has 1 aromatic carbocycles. The van der Waals surface area contributed by atoms with E-state index >= 15 is 0 Å². The van der Waals surface area contributed by atoms with Crippen molar-refractivity contribution in [1.82, 2.24) is 19.4 Å². The van der Waals surface area contributed by atoms with Gasteiger partial charge in [0.15, 0.2) is 12.4 Å². The highest BCUT2D eigenvalue weighted by atomic mass is 16.5. The molecule has 3 aromatic rings. The number of hydrogen-bond acceptors (Lipinski definition) is 6. The predicted octanol–water partition coefficient (Wildman–Crippen LogP) is 3.92. The quantitative estimate of drug-likeness (QED) is 0.404. The zero-order chi connectivity index (χ0) is 25.7. The Morgan fingerprint density at radius 3 is 2.50 bits per heavy atom. The van der Waals surface area contributed by atoms with Crippen molar-refractivity contribution in [3.05, 3.63) is 58.9 Å². The molecule has 3 heterocycles. The fraction of sp³-hybridized carbons (Fsp3) is 0.357. The molecule has 8 heteroatoms. The molecule has 2 aromatic heterocycles. The van der Waals surface area contributed by atoms with E-state index in [-0.39, 0.29) is 12.4 Å². The Morgan fingerprint density at radius 1 is 1.11 bits per heavy atom. The smallest absolute Gasteiger partial charge is 0.410 e. The van der Waals surface area contributed by atoms with Gasteiger partial charge in [0.1, 0.15) is 0 Å². The number of pyridine rings is 1. The SMILES string of the molecule is Cc1c(C(=O)CN2CCCCC2)c2ncc(C#CCOC(=O)N(C)C)cc2n1-c1ccc(C#N)cc1. The number of ketones is 1. The van der Waals surface area contributed by atoms with Gasteiger partial charge < -0.3 is 14.2 Å². The van der Waals surface area contributed by atoms with Crippen molar-refractivity contribution in [3.63, 3.8) is 0 Å². The van der Waals surface area contributed by atoms with Crippen LogP contribution in [0.3, 0.4) is 0 Å². The summed E-state index contributed by atoms with van der Waals surface area (Å²) in [6.07, 6.45) is 4.62. The van der Waals surface area contributed by atoms with Gasteiger partial charge in [0, 0.05) is 37.2 Å². The number of benzene rings is 1. The van der Waals surface area contributed by atoms with E-state index in [1.165, 1.54) is 11.3 Å². The topological polar surface area (TPSA) is 91.5 Å². The fourth-order valence-electron chi connectivity index (χ4n) is 4.46. The average Bonchev–Trinajstić information content (AvgIpc) is 3.18. The maximum absolute atomic E-state index is 13.5. The Kier molecular flexibility index (Phi) is 7.68. The molecule has 0 radical (unpaired) electrons. The van der Waals surface area contributed by atoms with Crippen LogP contribution in [0.1, 0.15) is 46.4 Å². The van der Waals surface area contributed by atoms with Crippen LogP contribution in [-0.4, -0.2) is 71.6 Å². The number of Topliss-reactive ketones (excluding diaryl/α,β-unsaturated/α-hetero) is 1. The maximum atomic E-state index is 13.5. The number of piperidine rings is 1. The van der Waals surface area contributed by atoms with E-state index < -0.39 is 6.09 Å². The van der Waals surface area contributed by atoms with Crippen LogP contribution in [0.4, 0.5) is 4.79 Å². The maximum Gasteiger partial charge on any atom is 0.410 e. The van der Waals surface area contributed by atoms with Crippen molar-refractivity contribution in [2.24, 2.45) is 0 Å². The lowest BCUT2D eigenvalue weighted by molar-refractivity contribution is 0.0916. The first-order chi connectivity index (χ1) is 17.4. The summed E-state index contributed by atoms with van der Waals surface area (Å²) in [6, 6.07) is 11.3. The molecule has 8 nitrogen and oxygen atoms in total. The van der Waals surface area contributed by atoms with Crippen LogP contribution in [0.15, 0.2) is 36.5 Å². The number of ether oxygens (including phenoxy) is 1. The first kappa shape index (κ1) is 25.0. The van der Waals surface area contributed by atoms with Gasteiger partial charge in [-0.05, 0) is 63.2 Å². The summed E-state index contributed by atoms with van der Waals surface area (Å²) >= 11 is 0. The Morgan fingerprint density at radius 2 is 1.83 bits per heavy atom. The van der Waals surface area contributed by atoms with Gasteiger partial charge in [0.25, 0.3) is 0 Å². The van der Waals surface area contributed by atoms with Crippen LogP contribution < -0.4 is 0 Å². The minimum atomic E-state index is -0.458. The van der Waals surface area contributed by atoms with E-state index in [1.807, 2.05) is 29.7 Å². The highest BCUT2D eigenvalue weighted by Crippen LogP contribution is 2.29. The molecule has 0 saturated carbocycles. The Labute approximate surface area is 211 Å². The third-order valence-electron chi connectivity index (χ3n) is 6.26. The molecule has 0 atom stereocenters. The minimum absolute atomic E-state index is 0.0374. The lowest BCUT2D eigenvalue weighted by Crippen LogP contribution is -2.34. The molecule has 1 saturated heterocycles. The number of carbonyl (C=O) groups excluding carboxylic acids is 2. The molecule has 0 spiro atoms. The zero-order valence-corrected chi connectivity index (χ0v) is 20.9. The molecule has 1 fully saturated rings. The summed E-state index contributed by atoms with van der Waals surface area (Å²) in [4.78, 5) is 33.3. The van der Waals surface area contributed by atoms with Crippen molar-refractivity contribution in [3.8, 4) is 23.6 Å². The number of fused-ring (bicyclic) bond motifs is 1. The standard InChI is InChI=1S/C28H29N5O3/c1-20-26(25(34)19-32-13-5-4-6-14-32)27-24(33(20)23-11-9-21(17-29)10-12-23)16-22(18-30-27)8-7-15-36-28(35)31(2)3/h9-12,16,18H,4-6,13-15,19H2,1-3H3. The number of carbonyl (C=O) groups is 2. The molecule has 1 aliphatic heterocycles. The van der Waals surface area contributed by atoms with E-state index in [4.69, 9.17) is 4.74 Å². The van der Waals surface area contributed by atoms with Gasteiger partial charge in [0.05, 0.1) is 34.8 Å². The summed E-state index contributed by atoms with van der Waals surface area (Å²) < 4.78 is 7.06. The summed E-state index contributed by atoms with van der Waals surface area (Å²) in [7, 11) is 3.22. The normalized spacial score (nSPS) is 13.5. The fourth-order valence-corrected chi connectivity index (χ4v) is 4.46. The van der Waals surface area contributed by atoms with Crippen molar-refractivity contribution >= 4 is 22.9 Å². The number of nitrogens with zero attached hydrogens (tertiary/aromatic N) is 5.